The van der Waals surface area contributed by atoms with Crippen LogP contribution in [0.5, 0.6) is 0 Å². The quantitative estimate of drug-likeness (QED) is 0.831. The number of anilines is 1. The van der Waals surface area contributed by atoms with E-state index in [0.29, 0.717) is 18.4 Å². The van der Waals surface area contributed by atoms with Crippen LogP contribution in [0.1, 0.15) is 31.0 Å². The topological polar surface area (TPSA) is 71.1 Å². The summed E-state index contributed by atoms with van der Waals surface area (Å²) in [7, 11) is -3.39. The molecule has 1 aromatic heterocycles. The highest BCUT2D eigenvalue weighted by molar-refractivity contribution is 7.93. The normalized spacial score (nSPS) is 17.2. The first kappa shape index (κ1) is 14.3. The summed E-state index contributed by atoms with van der Waals surface area (Å²) in [4.78, 5) is 4.20. The number of nitrogens with one attached hydrogen (secondary N) is 2. The smallest absolute Gasteiger partial charge is 0.237 e. The van der Waals surface area contributed by atoms with Crippen molar-refractivity contribution in [2.75, 3.05) is 11.3 Å². The van der Waals surface area contributed by atoms with E-state index in [-0.39, 0.29) is 0 Å². The number of aromatic nitrogens is 1. The maximum absolute atomic E-state index is 12.2. The second-order valence-electron chi connectivity index (χ2n) is 5.31. The third kappa shape index (κ3) is 4.18. The fraction of sp³-hybridized carbons (Fsp3) is 0.615. The Balaban J connectivity index is 2.02. The SMILES string of the molecule is Cc1cc(C)nc(NS(=O)(=O)C(C)CNC2CC2)c1. The molecule has 19 heavy (non-hydrogen) atoms. The molecule has 2 rings (SSSR count). The van der Waals surface area contributed by atoms with E-state index >= 15 is 0 Å². The van der Waals surface area contributed by atoms with Gasteiger partial charge in [0.25, 0.3) is 0 Å². The summed E-state index contributed by atoms with van der Waals surface area (Å²) < 4.78 is 26.9. The summed E-state index contributed by atoms with van der Waals surface area (Å²) in [5, 5.41) is 2.76. The van der Waals surface area contributed by atoms with Gasteiger partial charge < -0.3 is 5.32 Å². The highest BCUT2D eigenvalue weighted by atomic mass is 32.2. The van der Waals surface area contributed by atoms with Crippen molar-refractivity contribution in [1.29, 1.82) is 0 Å². The van der Waals surface area contributed by atoms with Crippen LogP contribution < -0.4 is 10.0 Å². The average Bonchev–Trinajstić information content (AvgIpc) is 3.07. The zero-order valence-electron chi connectivity index (χ0n) is 11.6. The molecule has 5 nitrogen and oxygen atoms in total. The Kier molecular flexibility index (Phi) is 4.10. The van der Waals surface area contributed by atoms with Gasteiger partial charge in [-0.25, -0.2) is 13.4 Å². The lowest BCUT2D eigenvalue weighted by Crippen LogP contribution is -2.35. The van der Waals surface area contributed by atoms with E-state index < -0.39 is 15.3 Å². The predicted molar refractivity (Wildman–Crippen MR) is 76.7 cm³/mol. The summed E-state index contributed by atoms with van der Waals surface area (Å²) in [5.41, 5.74) is 1.80. The maximum Gasteiger partial charge on any atom is 0.237 e. The minimum Gasteiger partial charge on any atom is -0.313 e. The molecule has 1 aromatic rings. The summed E-state index contributed by atoms with van der Waals surface area (Å²) in [6.45, 7) is 5.96. The minimum atomic E-state index is -3.39. The van der Waals surface area contributed by atoms with Gasteiger partial charge in [0.05, 0.1) is 5.25 Å². The summed E-state index contributed by atoms with van der Waals surface area (Å²) >= 11 is 0. The molecule has 0 aromatic carbocycles. The van der Waals surface area contributed by atoms with E-state index in [0.717, 1.165) is 24.1 Å². The van der Waals surface area contributed by atoms with E-state index in [1.54, 1.807) is 13.0 Å². The predicted octanol–water partition coefficient (Wildman–Crippen LogP) is 1.58. The largest absolute Gasteiger partial charge is 0.313 e. The van der Waals surface area contributed by atoms with Gasteiger partial charge in [-0.1, -0.05) is 0 Å². The molecule has 1 atom stereocenters. The van der Waals surface area contributed by atoms with Gasteiger partial charge in [0, 0.05) is 18.3 Å². The Hall–Kier alpha value is -1.14. The van der Waals surface area contributed by atoms with Crippen LogP contribution >= 0.6 is 0 Å². The van der Waals surface area contributed by atoms with Crippen molar-refractivity contribution in [3.8, 4) is 0 Å². The summed E-state index contributed by atoms with van der Waals surface area (Å²) in [5.74, 6) is 0.399. The molecular weight excluding hydrogens is 262 g/mol. The molecule has 1 heterocycles. The number of pyridine rings is 1. The van der Waals surface area contributed by atoms with E-state index in [1.165, 1.54) is 0 Å². The van der Waals surface area contributed by atoms with Gasteiger partial charge in [-0.15, -0.1) is 0 Å². The first-order chi connectivity index (χ1) is 8.87. The molecule has 0 spiro atoms. The van der Waals surface area contributed by atoms with E-state index in [2.05, 4.69) is 15.0 Å². The molecule has 1 fully saturated rings. The second-order valence-corrected chi connectivity index (χ2v) is 7.41. The average molecular weight is 283 g/mol. The lowest BCUT2D eigenvalue weighted by Gasteiger charge is -2.15. The molecule has 6 heteroatoms. The Labute approximate surface area is 114 Å². The zero-order valence-corrected chi connectivity index (χ0v) is 12.4. The lowest BCUT2D eigenvalue weighted by molar-refractivity contribution is 0.576. The number of nitrogens with zero attached hydrogens (tertiary/aromatic N) is 1. The molecule has 106 valence electrons. The number of hydrogen-bond donors (Lipinski definition) is 2. The van der Waals surface area contributed by atoms with Crippen LogP contribution in [-0.4, -0.2) is 31.2 Å². The summed E-state index contributed by atoms with van der Waals surface area (Å²) in [6.07, 6.45) is 2.30. The minimum absolute atomic E-state index is 0.399. The van der Waals surface area contributed by atoms with Gasteiger partial charge in [-0.2, -0.15) is 0 Å². The van der Waals surface area contributed by atoms with E-state index in [4.69, 9.17) is 0 Å². The van der Waals surface area contributed by atoms with Crippen molar-refractivity contribution in [2.24, 2.45) is 0 Å². The molecular formula is C13H21N3O2S. The Bertz CT molecular complexity index is 533. The third-order valence-electron chi connectivity index (χ3n) is 3.15. The van der Waals surface area contributed by atoms with Gasteiger partial charge in [-0.3, -0.25) is 4.72 Å². The lowest BCUT2D eigenvalue weighted by atomic mass is 10.2. The van der Waals surface area contributed by atoms with Gasteiger partial charge in [-0.05, 0) is 51.3 Å². The maximum atomic E-state index is 12.2. The Morgan fingerprint density at radius 2 is 2.05 bits per heavy atom. The van der Waals surface area contributed by atoms with Gasteiger partial charge in [0.15, 0.2) is 0 Å². The van der Waals surface area contributed by atoms with E-state index in [1.807, 2.05) is 19.9 Å². The highest BCUT2D eigenvalue weighted by Gasteiger charge is 2.26. The Morgan fingerprint density at radius 1 is 1.37 bits per heavy atom. The third-order valence-corrected chi connectivity index (χ3v) is 4.87. The number of rotatable bonds is 6. The fourth-order valence-electron chi connectivity index (χ4n) is 1.87. The number of sulfonamides is 1. The van der Waals surface area contributed by atoms with Crippen LogP contribution in [0.15, 0.2) is 12.1 Å². The van der Waals surface area contributed by atoms with Crippen molar-refractivity contribution in [1.82, 2.24) is 10.3 Å². The summed E-state index contributed by atoms with van der Waals surface area (Å²) in [6, 6.07) is 4.17. The first-order valence-electron chi connectivity index (χ1n) is 6.57. The van der Waals surface area contributed by atoms with Crippen LogP contribution in [-0.2, 0) is 10.0 Å². The fourth-order valence-corrected chi connectivity index (χ4v) is 2.78. The molecule has 1 aliphatic rings. The van der Waals surface area contributed by atoms with Crippen molar-refractivity contribution in [3.63, 3.8) is 0 Å². The molecule has 0 aliphatic heterocycles. The van der Waals surface area contributed by atoms with Crippen molar-refractivity contribution in [3.05, 3.63) is 23.4 Å². The van der Waals surface area contributed by atoms with Crippen molar-refractivity contribution < 1.29 is 8.42 Å². The highest BCUT2D eigenvalue weighted by Crippen LogP contribution is 2.19. The van der Waals surface area contributed by atoms with Crippen molar-refractivity contribution in [2.45, 2.75) is 44.9 Å². The van der Waals surface area contributed by atoms with Gasteiger partial charge in [0.1, 0.15) is 5.82 Å². The van der Waals surface area contributed by atoms with Crippen LogP contribution in [0.2, 0.25) is 0 Å². The molecule has 1 unspecified atom stereocenters. The molecule has 2 N–H and O–H groups in total. The van der Waals surface area contributed by atoms with Gasteiger partial charge >= 0.3 is 0 Å². The monoisotopic (exact) mass is 283 g/mol. The molecule has 0 radical (unpaired) electrons. The molecule has 0 amide bonds. The van der Waals surface area contributed by atoms with Gasteiger partial charge in [0.2, 0.25) is 10.0 Å². The van der Waals surface area contributed by atoms with E-state index in [9.17, 15) is 8.42 Å². The number of aryl methyl sites for hydroxylation is 2. The molecule has 1 aliphatic carbocycles. The number of hydrogen-bond acceptors (Lipinski definition) is 4. The Morgan fingerprint density at radius 3 is 2.63 bits per heavy atom. The first-order valence-corrected chi connectivity index (χ1v) is 8.12. The molecule has 1 saturated carbocycles. The second kappa shape index (κ2) is 5.46. The molecule has 0 bridgehead atoms. The van der Waals surface area contributed by atoms with Crippen LogP contribution in [0.4, 0.5) is 5.82 Å². The van der Waals surface area contributed by atoms with Crippen LogP contribution in [0, 0.1) is 13.8 Å². The molecule has 0 saturated heterocycles. The van der Waals surface area contributed by atoms with Crippen LogP contribution in [0.25, 0.3) is 0 Å². The standard InChI is InChI=1S/C13H21N3O2S/c1-9-6-10(2)15-13(7-9)16-19(17,18)11(3)8-14-12-4-5-12/h6-7,11-12,14H,4-5,8H2,1-3H3,(H,15,16). The van der Waals surface area contributed by atoms with Crippen molar-refractivity contribution >= 4 is 15.8 Å². The zero-order chi connectivity index (χ0) is 14.0. The van der Waals surface area contributed by atoms with Crippen LogP contribution in [0.3, 0.4) is 0 Å².